The van der Waals surface area contributed by atoms with Crippen molar-refractivity contribution in [2.24, 2.45) is 7.05 Å². The van der Waals surface area contributed by atoms with Gasteiger partial charge in [-0.3, -0.25) is 9.97 Å². The van der Waals surface area contributed by atoms with E-state index in [1.165, 1.54) is 0 Å². The molecule has 0 bridgehead atoms. The molecule has 4 heterocycles. The highest BCUT2D eigenvalue weighted by molar-refractivity contribution is 7.23. The number of thiophene rings is 1. The molecule has 0 saturated heterocycles. The first kappa shape index (κ1) is 15.0. The van der Waals surface area contributed by atoms with Crippen LogP contribution in [-0.2, 0) is 13.5 Å². The van der Waals surface area contributed by atoms with Crippen molar-refractivity contribution in [1.82, 2.24) is 24.5 Å². The Morgan fingerprint density at radius 2 is 2.17 bits per heavy atom. The van der Waals surface area contributed by atoms with E-state index in [1.54, 1.807) is 29.9 Å². The number of imidazole rings is 1. The zero-order chi connectivity index (χ0) is 16.7. The molecule has 4 aromatic rings. The molecule has 0 amide bonds. The fourth-order valence-electron chi connectivity index (χ4n) is 2.81. The van der Waals surface area contributed by atoms with E-state index < -0.39 is 0 Å². The molecular weight excluding hydrogens is 324 g/mol. The average Bonchev–Trinajstić information content (AvgIpc) is 3.16. The van der Waals surface area contributed by atoms with E-state index in [-0.39, 0.29) is 6.61 Å². The molecule has 0 fully saturated rings. The lowest BCUT2D eigenvalue weighted by atomic mass is 10.3. The number of aliphatic hydroxyl groups is 1. The van der Waals surface area contributed by atoms with E-state index in [2.05, 4.69) is 19.9 Å². The van der Waals surface area contributed by atoms with E-state index in [1.807, 2.05) is 17.7 Å². The van der Waals surface area contributed by atoms with E-state index in [0.717, 1.165) is 32.1 Å². The monoisotopic (exact) mass is 340 g/mol. The van der Waals surface area contributed by atoms with Crippen molar-refractivity contribution in [3.05, 3.63) is 30.5 Å². The van der Waals surface area contributed by atoms with E-state index >= 15 is 0 Å². The van der Waals surface area contributed by atoms with Crippen LogP contribution in [0.5, 0.6) is 0 Å². The van der Waals surface area contributed by atoms with Gasteiger partial charge >= 0.3 is 0 Å². The summed E-state index contributed by atoms with van der Waals surface area (Å²) in [7, 11) is 1.97. The van der Waals surface area contributed by atoms with Gasteiger partial charge in [-0.05, 0) is 12.5 Å². The maximum atomic E-state index is 9.06. The van der Waals surface area contributed by atoms with Gasteiger partial charge in [-0.15, -0.1) is 11.3 Å². The molecule has 0 aliphatic rings. The Labute approximate surface area is 141 Å². The predicted molar refractivity (Wildman–Crippen MR) is 94.7 cm³/mol. The summed E-state index contributed by atoms with van der Waals surface area (Å²) in [6.07, 6.45) is 6.43. The van der Waals surface area contributed by atoms with Crippen LogP contribution in [0.4, 0.5) is 5.82 Å². The third kappa shape index (κ3) is 2.31. The lowest BCUT2D eigenvalue weighted by molar-refractivity contribution is 0.287. The molecule has 0 saturated carbocycles. The fraction of sp³-hybridized carbons (Fsp3) is 0.250. The molecule has 8 heteroatoms. The van der Waals surface area contributed by atoms with Gasteiger partial charge in [-0.25, -0.2) is 9.97 Å². The summed E-state index contributed by atoms with van der Waals surface area (Å²) < 4.78 is 3.08. The molecule has 0 aliphatic heterocycles. The van der Waals surface area contributed by atoms with Crippen LogP contribution in [0.25, 0.3) is 31.8 Å². The predicted octanol–water partition coefficient (Wildman–Crippen LogP) is 2.15. The Bertz CT molecular complexity index is 1020. The largest absolute Gasteiger partial charge is 0.396 e. The SMILES string of the molecule is Cn1c(CCCO)nc2c(N)nc3cc(-c4cnccn4)sc3c21. The zero-order valence-corrected chi connectivity index (χ0v) is 13.9. The Balaban J connectivity index is 1.96. The van der Waals surface area contributed by atoms with Crippen molar-refractivity contribution in [1.29, 1.82) is 0 Å². The van der Waals surface area contributed by atoms with Gasteiger partial charge in [0.1, 0.15) is 11.3 Å². The third-order valence-corrected chi connectivity index (χ3v) is 5.13. The smallest absolute Gasteiger partial charge is 0.152 e. The summed E-state index contributed by atoms with van der Waals surface area (Å²) >= 11 is 1.61. The second-order valence-electron chi connectivity index (χ2n) is 5.52. The van der Waals surface area contributed by atoms with Gasteiger partial charge in [-0.2, -0.15) is 0 Å². The van der Waals surface area contributed by atoms with Gasteiger partial charge in [-0.1, -0.05) is 0 Å². The second kappa shape index (κ2) is 5.81. The number of aromatic nitrogens is 5. The number of nitrogens with zero attached hydrogens (tertiary/aromatic N) is 5. The van der Waals surface area contributed by atoms with Crippen LogP contribution in [0.3, 0.4) is 0 Å². The standard InChI is InChI=1S/C16H16N6OS/c1-22-12(3-2-6-23)21-13-14(22)15-9(20-16(13)17)7-11(24-15)10-8-18-4-5-19-10/h4-5,7-8,23H,2-3,6H2,1H3,(H2,17,20). The van der Waals surface area contributed by atoms with Crippen molar-refractivity contribution in [2.45, 2.75) is 12.8 Å². The van der Waals surface area contributed by atoms with Gasteiger partial charge in [0.15, 0.2) is 5.82 Å². The number of aliphatic hydroxyl groups excluding tert-OH is 1. The molecule has 0 spiro atoms. The van der Waals surface area contributed by atoms with Crippen LogP contribution >= 0.6 is 11.3 Å². The molecule has 7 nitrogen and oxygen atoms in total. The van der Waals surface area contributed by atoms with Crippen LogP contribution in [0.1, 0.15) is 12.2 Å². The summed E-state index contributed by atoms with van der Waals surface area (Å²) in [5, 5.41) is 9.06. The summed E-state index contributed by atoms with van der Waals surface area (Å²) in [6, 6.07) is 1.99. The Kier molecular flexibility index (Phi) is 3.62. The molecule has 24 heavy (non-hydrogen) atoms. The lowest BCUT2D eigenvalue weighted by Gasteiger charge is -2.01. The highest BCUT2D eigenvalue weighted by Gasteiger charge is 2.18. The number of rotatable bonds is 4. The minimum atomic E-state index is 0.141. The highest BCUT2D eigenvalue weighted by Crippen LogP contribution is 2.37. The summed E-state index contributed by atoms with van der Waals surface area (Å²) in [5.41, 5.74) is 9.46. The zero-order valence-electron chi connectivity index (χ0n) is 13.1. The highest BCUT2D eigenvalue weighted by atomic mass is 32.1. The molecule has 0 aromatic carbocycles. The molecule has 0 aliphatic carbocycles. The summed E-state index contributed by atoms with van der Waals surface area (Å²) in [6.45, 7) is 0.141. The topological polar surface area (TPSA) is 103 Å². The number of aryl methyl sites for hydroxylation is 2. The quantitative estimate of drug-likeness (QED) is 0.590. The van der Waals surface area contributed by atoms with Crippen LogP contribution in [-0.4, -0.2) is 36.2 Å². The van der Waals surface area contributed by atoms with Crippen LogP contribution < -0.4 is 5.73 Å². The van der Waals surface area contributed by atoms with Crippen molar-refractivity contribution in [3.8, 4) is 10.6 Å². The number of hydrogen-bond acceptors (Lipinski definition) is 7. The van der Waals surface area contributed by atoms with Gasteiger partial charge in [0.05, 0.1) is 32.5 Å². The van der Waals surface area contributed by atoms with E-state index in [4.69, 9.17) is 10.8 Å². The van der Waals surface area contributed by atoms with Gasteiger partial charge in [0, 0.05) is 32.5 Å². The number of anilines is 1. The Hall–Kier alpha value is -2.58. The lowest BCUT2D eigenvalue weighted by Crippen LogP contribution is -1.99. The molecule has 4 rings (SSSR count). The number of nitrogen functional groups attached to an aromatic ring is 1. The van der Waals surface area contributed by atoms with Crippen LogP contribution in [0.15, 0.2) is 24.7 Å². The molecule has 122 valence electrons. The molecule has 4 aromatic heterocycles. The summed E-state index contributed by atoms with van der Waals surface area (Å²) in [4.78, 5) is 18.6. The van der Waals surface area contributed by atoms with Crippen molar-refractivity contribution in [3.63, 3.8) is 0 Å². The molecule has 0 unspecified atom stereocenters. The maximum absolute atomic E-state index is 9.06. The van der Waals surface area contributed by atoms with Gasteiger partial charge < -0.3 is 15.4 Å². The number of fused-ring (bicyclic) bond motifs is 3. The van der Waals surface area contributed by atoms with Crippen LogP contribution in [0, 0.1) is 0 Å². The minimum Gasteiger partial charge on any atom is -0.396 e. The maximum Gasteiger partial charge on any atom is 0.152 e. The van der Waals surface area contributed by atoms with Crippen molar-refractivity contribution < 1.29 is 5.11 Å². The first-order valence-corrected chi connectivity index (χ1v) is 8.42. The van der Waals surface area contributed by atoms with Gasteiger partial charge in [0.25, 0.3) is 0 Å². The van der Waals surface area contributed by atoms with Crippen LogP contribution in [0.2, 0.25) is 0 Å². The van der Waals surface area contributed by atoms with E-state index in [9.17, 15) is 0 Å². The second-order valence-corrected chi connectivity index (χ2v) is 6.58. The minimum absolute atomic E-state index is 0.141. The van der Waals surface area contributed by atoms with E-state index in [0.29, 0.717) is 24.2 Å². The molecule has 3 N–H and O–H groups in total. The average molecular weight is 340 g/mol. The van der Waals surface area contributed by atoms with Crippen molar-refractivity contribution >= 4 is 38.4 Å². The Morgan fingerprint density at radius 1 is 1.29 bits per heavy atom. The first-order valence-electron chi connectivity index (χ1n) is 7.60. The molecular formula is C16H16N6OS. The molecule has 0 atom stereocenters. The normalized spacial score (nSPS) is 11.6. The van der Waals surface area contributed by atoms with Crippen molar-refractivity contribution in [2.75, 3.05) is 12.3 Å². The molecule has 0 radical (unpaired) electrons. The fourth-order valence-corrected chi connectivity index (χ4v) is 3.95. The summed E-state index contributed by atoms with van der Waals surface area (Å²) in [5.74, 6) is 1.32. The number of hydrogen-bond donors (Lipinski definition) is 2. The van der Waals surface area contributed by atoms with Gasteiger partial charge in [0.2, 0.25) is 0 Å². The Morgan fingerprint density at radius 3 is 2.92 bits per heavy atom. The first-order chi connectivity index (χ1) is 11.7. The number of pyridine rings is 1. The third-order valence-electron chi connectivity index (χ3n) is 3.97. The number of nitrogens with two attached hydrogens (primary N) is 1.